The van der Waals surface area contributed by atoms with Crippen molar-refractivity contribution in [2.75, 3.05) is 23.3 Å². The largest absolute Gasteiger partial charge is 0.341 e. The van der Waals surface area contributed by atoms with Gasteiger partial charge in [-0.25, -0.2) is 9.97 Å². The Labute approximate surface area is 147 Å². The SMILES string of the molecule is Cc1ccc(Cl)cc1NC(=O)c1ccnc(N2CCCCCC2)n1. The molecule has 1 N–H and O–H groups in total. The minimum atomic E-state index is -0.251. The molecule has 0 radical (unpaired) electrons. The van der Waals surface area contributed by atoms with Crippen LogP contribution in [0.15, 0.2) is 30.5 Å². The number of carbonyl (C=O) groups excluding carboxylic acids is 1. The number of nitrogens with one attached hydrogen (secondary N) is 1. The quantitative estimate of drug-likeness (QED) is 0.911. The fourth-order valence-corrected chi connectivity index (χ4v) is 2.99. The number of hydrogen-bond acceptors (Lipinski definition) is 4. The highest BCUT2D eigenvalue weighted by Gasteiger charge is 2.15. The molecule has 0 spiro atoms. The molecule has 1 aromatic carbocycles. The fourth-order valence-electron chi connectivity index (χ4n) is 2.81. The van der Waals surface area contributed by atoms with Gasteiger partial charge in [0.15, 0.2) is 0 Å². The normalized spacial score (nSPS) is 15.0. The molecule has 5 nitrogen and oxygen atoms in total. The van der Waals surface area contributed by atoms with Crippen LogP contribution in [0.25, 0.3) is 0 Å². The Hall–Kier alpha value is -2.14. The van der Waals surface area contributed by atoms with Crippen molar-refractivity contribution >= 4 is 29.1 Å². The highest BCUT2D eigenvalue weighted by atomic mass is 35.5. The third-order valence-electron chi connectivity index (χ3n) is 4.21. The van der Waals surface area contributed by atoms with Crippen molar-refractivity contribution in [1.82, 2.24) is 9.97 Å². The van der Waals surface area contributed by atoms with Crippen LogP contribution in [0.4, 0.5) is 11.6 Å². The highest BCUT2D eigenvalue weighted by Crippen LogP contribution is 2.21. The lowest BCUT2D eigenvalue weighted by Crippen LogP contribution is -2.27. The zero-order valence-corrected chi connectivity index (χ0v) is 14.5. The summed E-state index contributed by atoms with van der Waals surface area (Å²) in [6.45, 7) is 3.81. The van der Waals surface area contributed by atoms with Crippen LogP contribution in [0.2, 0.25) is 5.02 Å². The van der Waals surface area contributed by atoms with E-state index in [1.165, 1.54) is 12.8 Å². The predicted octanol–water partition coefficient (Wildman–Crippen LogP) is 4.07. The van der Waals surface area contributed by atoms with E-state index in [9.17, 15) is 4.79 Å². The second-order valence-corrected chi connectivity index (χ2v) is 6.49. The molecule has 1 aromatic heterocycles. The van der Waals surface area contributed by atoms with Crippen LogP contribution in [-0.2, 0) is 0 Å². The Morgan fingerprint density at radius 3 is 2.67 bits per heavy atom. The molecular formula is C18H21ClN4O. The van der Waals surface area contributed by atoms with Crippen molar-refractivity contribution < 1.29 is 4.79 Å². The van der Waals surface area contributed by atoms with Gasteiger partial charge in [0.05, 0.1) is 0 Å². The van der Waals surface area contributed by atoms with E-state index in [-0.39, 0.29) is 5.91 Å². The van der Waals surface area contributed by atoms with Gasteiger partial charge in [0.1, 0.15) is 5.69 Å². The van der Waals surface area contributed by atoms with Crippen molar-refractivity contribution in [2.24, 2.45) is 0 Å². The zero-order chi connectivity index (χ0) is 16.9. The monoisotopic (exact) mass is 344 g/mol. The molecule has 6 heteroatoms. The van der Waals surface area contributed by atoms with Gasteiger partial charge in [0.25, 0.3) is 5.91 Å². The van der Waals surface area contributed by atoms with E-state index >= 15 is 0 Å². The number of aromatic nitrogens is 2. The van der Waals surface area contributed by atoms with Crippen molar-refractivity contribution in [2.45, 2.75) is 32.6 Å². The Morgan fingerprint density at radius 1 is 1.17 bits per heavy atom. The lowest BCUT2D eigenvalue weighted by Gasteiger charge is -2.20. The van der Waals surface area contributed by atoms with Crippen LogP contribution in [0.1, 0.15) is 41.7 Å². The lowest BCUT2D eigenvalue weighted by atomic mass is 10.2. The third-order valence-corrected chi connectivity index (χ3v) is 4.45. The van der Waals surface area contributed by atoms with E-state index in [2.05, 4.69) is 20.2 Å². The summed E-state index contributed by atoms with van der Waals surface area (Å²) in [6, 6.07) is 7.05. The number of aryl methyl sites for hydroxylation is 1. The second-order valence-electron chi connectivity index (χ2n) is 6.06. The molecule has 0 bridgehead atoms. The Morgan fingerprint density at radius 2 is 1.92 bits per heavy atom. The van der Waals surface area contributed by atoms with Gasteiger partial charge in [-0.3, -0.25) is 4.79 Å². The number of anilines is 2. The summed E-state index contributed by atoms with van der Waals surface area (Å²) in [5.74, 6) is 0.381. The van der Waals surface area contributed by atoms with Crippen LogP contribution < -0.4 is 10.2 Å². The van der Waals surface area contributed by atoms with E-state index in [0.29, 0.717) is 22.4 Å². The number of halogens is 1. The molecule has 1 aliphatic heterocycles. The highest BCUT2D eigenvalue weighted by molar-refractivity contribution is 6.31. The summed E-state index contributed by atoms with van der Waals surface area (Å²) < 4.78 is 0. The number of rotatable bonds is 3. The first-order valence-corrected chi connectivity index (χ1v) is 8.67. The predicted molar refractivity (Wildman–Crippen MR) is 96.9 cm³/mol. The Bertz CT molecular complexity index is 727. The molecule has 1 aliphatic rings. The molecule has 3 rings (SSSR count). The summed E-state index contributed by atoms with van der Waals surface area (Å²) in [5.41, 5.74) is 2.01. The topological polar surface area (TPSA) is 58.1 Å². The Kier molecular flexibility index (Phi) is 5.30. The van der Waals surface area contributed by atoms with Crippen molar-refractivity contribution in [1.29, 1.82) is 0 Å². The summed E-state index contributed by atoms with van der Waals surface area (Å²) in [7, 11) is 0. The van der Waals surface area contributed by atoms with Crippen LogP contribution in [0.5, 0.6) is 0 Å². The van der Waals surface area contributed by atoms with Gasteiger partial charge in [0, 0.05) is 30.0 Å². The molecule has 2 aromatic rings. The van der Waals surface area contributed by atoms with Crippen LogP contribution in [0.3, 0.4) is 0 Å². The molecule has 24 heavy (non-hydrogen) atoms. The molecule has 0 saturated carbocycles. The molecule has 0 unspecified atom stereocenters. The standard InChI is InChI=1S/C18H21ClN4O/c1-13-6-7-14(19)12-16(13)21-17(24)15-8-9-20-18(22-15)23-10-4-2-3-5-11-23/h6-9,12H,2-5,10-11H2,1H3,(H,21,24). The molecule has 126 valence electrons. The third kappa shape index (κ3) is 4.03. The van der Waals surface area contributed by atoms with Gasteiger partial charge in [-0.2, -0.15) is 0 Å². The molecular weight excluding hydrogens is 324 g/mol. The fraction of sp³-hybridized carbons (Fsp3) is 0.389. The van der Waals surface area contributed by atoms with Gasteiger partial charge in [-0.1, -0.05) is 30.5 Å². The average molecular weight is 345 g/mol. The Balaban J connectivity index is 1.77. The van der Waals surface area contributed by atoms with E-state index < -0.39 is 0 Å². The number of benzene rings is 1. The number of amides is 1. The maximum Gasteiger partial charge on any atom is 0.274 e. The zero-order valence-electron chi connectivity index (χ0n) is 13.8. The first-order valence-electron chi connectivity index (χ1n) is 8.29. The van der Waals surface area contributed by atoms with E-state index in [1.54, 1.807) is 24.4 Å². The summed E-state index contributed by atoms with van der Waals surface area (Å²) >= 11 is 6.00. The number of carbonyl (C=O) groups is 1. The maximum atomic E-state index is 12.5. The first kappa shape index (κ1) is 16.7. The molecule has 1 saturated heterocycles. The summed E-state index contributed by atoms with van der Waals surface area (Å²) in [4.78, 5) is 23.5. The van der Waals surface area contributed by atoms with Crippen molar-refractivity contribution in [3.05, 3.63) is 46.7 Å². The van der Waals surface area contributed by atoms with Gasteiger partial charge in [-0.05, 0) is 43.5 Å². The van der Waals surface area contributed by atoms with Crippen molar-refractivity contribution in [3.8, 4) is 0 Å². The first-order chi connectivity index (χ1) is 11.6. The number of nitrogens with zero attached hydrogens (tertiary/aromatic N) is 3. The smallest absolute Gasteiger partial charge is 0.274 e. The molecule has 0 atom stereocenters. The van der Waals surface area contributed by atoms with Gasteiger partial charge in [-0.15, -0.1) is 0 Å². The van der Waals surface area contributed by atoms with Gasteiger partial charge >= 0.3 is 0 Å². The number of hydrogen-bond donors (Lipinski definition) is 1. The van der Waals surface area contributed by atoms with E-state index in [1.807, 2.05) is 13.0 Å². The van der Waals surface area contributed by atoms with Gasteiger partial charge in [0.2, 0.25) is 5.95 Å². The average Bonchev–Trinajstić information content (AvgIpc) is 2.87. The van der Waals surface area contributed by atoms with E-state index in [0.717, 1.165) is 31.5 Å². The molecule has 2 heterocycles. The lowest BCUT2D eigenvalue weighted by molar-refractivity contribution is 0.102. The van der Waals surface area contributed by atoms with Crippen LogP contribution in [-0.4, -0.2) is 29.0 Å². The second kappa shape index (κ2) is 7.62. The maximum absolute atomic E-state index is 12.5. The molecule has 1 fully saturated rings. The van der Waals surface area contributed by atoms with Crippen molar-refractivity contribution in [3.63, 3.8) is 0 Å². The van der Waals surface area contributed by atoms with Crippen LogP contribution >= 0.6 is 11.6 Å². The van der Waals surface area contributed by atoms with E-state index in [4.69, 9.17) is 11.6 Å². The summed E-state index contributed by atoms with van der Waals surface area (Å²) in [5, 5.41) is 3.46. The molecule has 1 amide bonds. The van der Waals surface area contributed by atoms with Gasteiger partial charge < -0.3 is 10.2 Å². The minimum absolute atomic E-state index is 0.251. The minimum Gasteiger partial charge on any atom is -0.341 e. The summed E-state index contributed by atoms with van der Waals surface area (Å²) in [6.07, 6.45) is 6.41. The van der Waals surface area contributed by atoms with Crippen LogP contribution in [0, 0.1) is 6.92 Å². The molecule has 0 aliphatic carbocycles.